The van der Waals surface area contributed by atoms with Crippen LogP contribution in [0.3, 0.4) is 0 Å². The highest BCUT2D eigenvalue weighted by molar-refractivity contribution is 6.31. The van der Waals surface area contributed by atoms with Gasteiger partial charge in [0.15, 0.2) is 0 Å². The average Bonchev–Trinajstić information content (AvgIpc) is 2.37. The number of nitrogens with zero attached hydrogens (tertiary/aromatic N) is 1. The Morgan fingerprint density at radius 2 is 2.00 bits per heavy atom. The van der Waals surface area contributed by atoms with Crippen molar-refractivity contribution in [2.75, 3.05) is 18.6 Å². The Morgan fingerprint density at radius 1 is 1.37 bits per heavy atom. The van der Waals surface area contributed by atoms with E-state index in [0.717, 1.165) is 6.42 Å². The molecule has 0 fully saturated rings. The fraction of sp³-hybridized carbons (Fsp3) is 0.538. The van der Waals surface area contributed by atoms with E-state index in [2.05, 4.69) is 5.43 Å². The van der Waals surface area contributed by atoms with Gasteiger partial charge in [-0.3, -0.25) is 4.79 Å². The molecule has 0 aromatic carbocycles. The van der Waals surface area contributed by atoms with E-state index >= 15 is 0 Å². The summed E-state index contributed by atoms with van der Waals surface area (Å²) in [5.41, 5.74) is 3.91. The number of carbonyl (C=O) groups excluding carboxylic acids is 1. The van der Waals surface area contributed by atoms with Gasteiger partial charge in [-0.2, -0.15) is 0 Å². The molecule has 1 heterocycles. The van der Waals surface area contributed by atoms with Gasteiger partial charge in [0, 0.05) is 6.54 Å². The molecule has 0 atom stereocenters. The number of pyridine rings is 1. The summed E-state index contributed by atoms with van der Waals surface area (Å²) in [6.07, 6.45) is 0.853. The van der Waals surface area contributed by atoms with Gasteiger partial charge in [-0.25, -0.2) is 9.47 Å². The predicted octanol–water partition coefficient (Wildman–Crippen LogP) is 2.25. The second kappa shape index (κ2) is 6.61. The monoisotopic (exact) mass is 286 g/mol. The van der Waals surface area contributed by atoms with Gasteiger partial charge in [-0.1, -0.05) is 18.5 Å². The fourth-order valence-corrected chi connectivity index (χ4v) is 2.00. The van der Waals surface area contributed by atoms with Crippen molar-refractivity contribution in [3.8, 4) is 0 Å². The Balaban J connectivity index is 3.43. The van der Waals surface area contributed by atoms with Crippen molar-refractivity contribution >= 4 is 17.6 Å². The minimum atomic E-state index is -0.466. The van der Waals surface area contributed by atoms with E-state index in [9.17, 15) is 9.59 Å². The van der Waals surface area contributed by atoms with Crippen molar-refractivity contribution in [3.63, 3.8) is 0 Å². The number of rotatable bonds is 5. The zero-order valence-electron chi connectivity index (χ0n) is 11.7. The first-order valence-corrected chi connectivity index (χ1v) is 6.66. The number of nitrogens with one attached hydrogen (secondary N) is 1. The molecule has 0 spiro atoms. The van der Waals surface area contributed by atoms with Crippen molar-refractivity contribution in [1.82, 2.24) is 4.68 Å². The predicted molar refractivity (Wildman–Crippen MR) is 75.7 cm³/mol. The van der Waals surface area contributed by atoms with Crippen LogP contribution in [-0.2, 0) is 4.74 Å². The summed E-state index contributed by atoms with van der Waals surface area (Å²) in [6, 6.07) is 0. The summed E-state index contributed by atoms with van der Waals surface area (Å²) < 4.78 is 6.31. The standard InChI is InChI=1S/C13H19ClN2O3/c1-5-7-15-16-9(4)10(13(18)19-6-2)8(3)11(14)12(16)17/h15H,5-7H2,1-4H3. The van der Waals surface area contributed by atoms with Gasteiger partial charge in [0.2, 0.25) is 0 Å². The maximum atomic E-state index is 12.1. The largest absolute Gasteiger partial charge is 0.462 e. The zero-order chi connectivity index (χ0) is 14.6. The lowest BCUT2D eigenvalue weighted by atomic mass is 10.1. The van der Waals surface area contributed by atoms with Crippen molar-refractivity contribution in [1.29, 1.82) is 0 Å². The number of halogens is 1. The van der Waals surface area contributed by atoms with Crippen LogP contribution in [-0.4, -0.2) is 23.8 Å². The molecule has 106 valence electrons. The molecule has 5 nitrogen and oxygen atoms in total. The molecule has 1 aromatic heterocycles. The Hall–Kier alpha value is -1.49. The Bertz CT molecular complexity index is 538. The number of hydrogen-bond donors (Lipinski definition) is 1. The average molecular weight is 287 g/mol. The SMILES string of the molecule is CCCNn1c(C)c(C(=O)OCC)c(C)c(Cl)c1=O. The molecule has 6 heteroatoms. The fourth-order valence-electron chi connectivity index (χ4n) is 1.82. The lowest BCUT2D eigenvalue weighted by Crippen LogP contribution is -2.34. The van der Waals surface area contributed by atoms with E-state index in [1.54, 1.807) is 20.8 Å². The highest BCUT2D eigenvalue weighted by atomic mass is 35.5. The molecular weight excluding hydrogens is 268 g/mol. The quantitative estimate of drug-likeness (QED) is 0.844. The number of ether oxygens (including phenoxy) is 1. The van der Waals surface area contributed by atoms with Gasteiger partial charge in [-0.05, 0) is 32.8 Å². The van der Waals surface area contributed by atoms with Crippen molar-refractivity contribution in [3.05, 3.63) is 32.2 Å². The number of aromatic nitrogens is 1. The summed E-state index contributed by atoms with van der Waals surface area (Å²) in [4.78, 5) is 24.0. The Labute approximate surface area is 117 Å². The van der Waals surface area contributed by atoms with Gasteiger partial charge >= 0.3 is 5.97 Å². The van der Waals surface area contributed by atoms with Crippen LogP contribution in [0.1, 0.15) is 41.9 Å². The van der Waals surface area contributed by atoms with Crippen LogP contribution >= 0.6 is 11.6 Å². The van der Waals surface area contributed by atoms with Crippen LogP contribution in [0.25, 0.3) is 0 Å². The summed E-state index contributed by atoms with van der Waals surface area (Å²) in [5.74, 6) is -0.466. The molecule has 1 rings (SSSR count). The molecule has 0 amide bonds. The molecule has 19 heavy (non-hydrogen) atoms. The third-order valence-corrected chi connectivity index (χ3v) is 3.24. The molecule has 0 saturated carbocycles. The van der Waals surface area contributed by atoms with E-state index in [1.807, 2.05) is 6.92 Å². The van der Waals surface area contributed by atoms with Crippen LogP contribution < -0.4 is 11.0 Å². The van der Waals surface area contributed by atoms with Gasteiger partial charge in [-0.15, -0.1) is 0 Å². The normalized spacial score (nSPS) is 10.4. The third kappa shape index (κ3) is 3.10. The van der Waals surface area contributed by atoms with E-state index in [4.69, 9.17) is 16.3 Å². The molecule has 0 unspecified atom stereocenters. The second-order valence-electron chi connectivity index (χ2n) is 4.17. The molecule has 0 aliphatic rings. The molecular formula is C13H19ClN2O3. The molecule has 1 N–H and O–H groups in total. The highest BCUT2D eigenvalue weighted by Crippen LogP contribution is 2.19. The number of carbonyl (C=O) groups is 1. The summed E-state index contributed by atoms with van der Waals surface area (Å²) >= 11 is 6.00. The Kier molecular flexibility index (Phi) is 5.42. The van der Waals surface area contributed by atoms with Crippen molar-refractivity contribution < 1.29 is 9.53 Å². The highest BCUT2D eigenvalue weighted by Gasteiger charge is 2.21. The molecule has 0 aliphatic carbocycles. The van der Waals surface area contributed by atoms with E-state index in [0.29, 0.717) is 23.4 Å². The first kappa shape index (κ1) is 15.6. The third-order valence-electron chi connectivity index (χ3n) is 2.79. The lowest BCUT2D eigenvalue weighted by molar-refractivity contribution is 0.0523. The lowest BCUT2D eigenvalue weighted by Gasteiger charge is -2.17. The van der Waals surface area contributed by atoms with Gasteiger partial charge in [0.1, 0.15) is 5.02 Å². The van der Waals surface area contributed by atoms with Crippen molar-refractivity contribution in [2.24, 2.45) is 0 Å². The molecule has 0 aliphatic heterocycles. The van der Waals surface area contributed by atoms with E-state index in [1.165, 1.54) is 4.68 Å². The number of hydrogen-bond acceptors (Lipinski definition) is 4. The summed E-state index contributed by atoms with van der Waals surface area (Å²) in [5, 5.41) is 0.0391. The summed E-state index contributed by atoms with van der Waals surface area (Å²) in [7, 11) is 0. The van der Waals surface area contributed by atoms with Gasteiger partial charge < -0.3 is 10.2 Å². The molecule has 0 saturated heterocycles. The second-order valence-corrected chi connectivity index (χ2v) is 4.55. The Morgan fingerprint density at radius 3 is 2.53 bits per heavy atom. The molecule has 1 aromatic rings. The van der Waals surface area contributed by atoms with Gasteiger partial charge in [0.25, 0.3) is 5.56 Å². The minimum absolute atomic E-state index is 0.0391. The maximum Gasteiger partial charge on any atom is 0.340 e. The van der Waals surface area contributed by atoms with E-state index in [-0.39, 0.29) is 17.2 Å². The van der Waals surface area contributed by atoms with E-state index < -0.39 is 5.97 Å². The van der Waals surface area contributed by atoms with Crippen LogP contribution in [0.5, 0.6) is 0 Å². The maximum absolute atomic E-state index is 12.1. The summed E-state index contributed by atoms with van der Waals surface area (Å²) in [6.45, 7) is 7.94. The zero-order valence-corrected chi connectivity index (χ0v) is 12.4. The van der Waals surface area contributed by atoms with Crippen LogP contribution in [0, 0.1) is 13.8 Å². The first-order valence-electron chi connectivity index (χ1n) is 6.28. The van der Waals surface area contributed by atoms with Crippen LogP contribution in [0.2, 0.25) is 5.02 Å². The topological polar surface area (TPSA) is 60.3 Å². The minimum Gasteiger partial charge on any atom is -0.462 e. The number of esters is 1. The molecule has 0 bridgehead atoms. The van der Waals surface area contributed by atoms with Crippen LogP contribution in [0.4, 0.5) is 0 Å². The van der Waals surface area contributed by atoms with Crippen LogP contribution in [0.15, 0.2) is 4.79 Å². The van der Waals surface area contributed by atoms with Crippen molar-refractivity contribution in [2.45, 2.75) is 34.1 Å². The molecule has 0 radical (unpaired) electrons. The van der Waals surface area contributed by atoms with Gasteiger partial charge in [0.05, 0.1) is 17.9 Å². The smallest absolute Gasteiger partial charge is 0.340 e. The first-order chi connectivity index (χ1) is 8.95.